The quantitative estimate of drug-likeness (QED) is 0.546. The molecule has 2 rings (SSSR count). The van der Waals surface area contributed by atoms with Crippen molar-refractivity contribution >= 4 is 5.76 Å². The standard InChI is InChI=1S/C6H4O2/c1-2-5(7-3-1)6-4-8-6/h1-4H. The summed E-state index contributed by atoms with van der Waals surface area (Å²) >= 11 is 0. The molecule has 0 atom stereocenters. The van der Waals surface area contributed by atoms with E-state index in [1.54, 1.807) is 12.5 Å². The molecular formula is C6H4O2. The minimum absolute atomic E-state index is 0.810. The second kappa shape index (κ2) is 1.15. The van der Waals surface area contributed by atoms with E-state index in [4.69, 9.17) is 9.15 Å². The smallest absolute Gasteiger partial charge is 0.204 e. The van der Waals surface area contributed by atoms with Crippen LogP contribution >= 0.6 is 0 Å². The fourth-order valence-electron chi connectivity index (χ4n) is 0.564. The van der Waals surface area contributed by atoms with E-state index in [0.717, 1.165) is 11.5 Å². The van der Waals surface area contributed by atoms with E-state index in [9.17, 15) is 0 Å². The van der Waals surface area contributed by atoms with E-state index in [1.807, 2.05) is 12.1 Å². The number of furan rings is 1. The minimum atomic E-state index is 0.810. The van der Waals surface area contributed by atoms with Crippen LogP contribution in [0, 0.1) is 0 Å². The van der Waals surface area contributed by atoms with Gasteiger partial charge in [0.2, 0.25) is 5.76 Å². The lowest BCUT2D eigenvalue weighted by atomic mass is 10.4. The summed E-state index contributed by atoms with van der Waals surface area (Å²) in [6, 6.07) is 3.69. The Morgan fingerprint density at radius 2 is 2.25 bits per heavy atom. The first-order chi connectivity index (χ1) is 3.97. The molecule has 0 aromatic carbocycles. The molecule has 0 bridgehead atoms. The van der Waals surface area contributed by atoms with Crippen molar-refractivity contribution in [2.75, 3.05) is 0 Å². The Bertz CT molecular complexity index is 208. The summed E-state index contributed by atoms with van der Waals surface area (Å²) in [4.78, 5) is 0. The van der Waals surface area contributed by atoms with E-state index >= 15 is 0 Å². The SMILES string of the molecule is C1=C(c2ccco2)O1. The molecule has 1 aromatic rings. The summed E-state index contributed by atoms with van der Waals surface area (Å²) < 4.78 is 9.71. The molecule has 2 heteroatoms. The fraction of sp³-hybridized carbons (Fsp3) is 0. The molecule has 0 aliphatic carbocycles. The van der Waals surface area contributed by atoms with Gasteiger partial charge in [-0.1, -0.05) is 0 Å². The van der Waals surface area contributed by atoms with Crippen LogP contribution in [0.4, 0.5) is 0 Å². The molecule has 2 heterocycles. The monoisotopic (exact) mass is 108 g/mol. The van der Waals surface area contributed by atoms with Crippen LogP contribution in [-0.2, 0) is 4.74 Å². The van der Waals surface area contributed by atoms with Crippen LogP contribution in [-0.4, -0.2) is 0 Å². The Labute approximate surface area is 46.4 Å². The van der Waals surface area contributed by atoms with Crippen molar-refractivity contribution < 1.29 is 9.15 Å². The van der Waals surface area contributed by atoms with E-state index in [-0.39, 0.29) is 0 Å². The van der Waals surface area contributed by atoms with Crippen molar-refractivity contribution in [3.8, 4) is 0 Å². The average molecular weight is 108 g/mol. The van der Waals surface area contributed by atoms with Gasteiger partial charge in [-0.3, -0.25) is 0 Å². The van der Waals surface area contributed by atoms with E-state index in [0.29, 0.717) is 0 Å². The highest BCUT2D eigenvalue weighted by Gasteiger charge is 2.14. The third-order valence-electron chi connectivity index (χ3n) is 1.000. The first-order valence-corrected chi connectivity index (χ1v) is 2.37. The fourth-order valence-corrected chi connectivity index (χ4v) is 0.564. The van der Waals surface area contributed by atoms with Crippen LogP contribution < -0.4 is 0 Å². The second-order valence-corrected chi connectivity index (χ2v) is 1.58. The largest absolute Gasteiger partial charge is 0.461 e. The van der Waals surface area contributed by atoms with Crippen LogP contribution in [0.3, 0.4) is 0 Å². The zero-order valence-corrected chi connectivity index (χ0v) is 4.13. The van der Waals surface area contributed by atoms with Crippen molar-refractivity contribution in [1.82, 2.24) is 0 Å². The van der Waals surface area contributed by atoms with Crippen molar-refractivity contribution in [2.24, 2.45) is 0 Å². The lowest BCUT2D eigenvalue weighted by molar-refractivity contribution is 0.504. The van der Waals surface area contributed by atoms with Gasteiger partial charge in [-0.05, 0) is 12.1 Å². The van der Waals surface area contributed by atoms with Gasteiger partial charge in [0.25, 0.3) is 0 Å². The van der Waals surface area contributed by atoms with E-state index in [2.05, 4.69) is 0 Å². The Kier molecular flexibility index (Phi) is 0.545. The molecule has 2 nitrogen and oxygen atoms in total. The van der Waals surface area contributed by atoms with E-state index < -0.39 is 0 Å². The van der Waals surface area contributed by atoms with Gasteiger partial charge < -0.3 is 9.15 Å². The van der Waals surface area contributed by atoms with Crippen molar-refractivity contribution in [1.29, 1.82) is 0 Å². The summed E-state index contributed by atoms with van der Waals surface area (Å²) in [5.41, 5.74) is 0. The van der Waals surface area contributed by atoms with Crippen LogP contribution in [0.5, 0.6) is 0 Å². The number of rotatable bonds is 1. The van der Waals surface area contributed by atoms with Crippen LogP contribution in [0.15, 0.2) is 29.1 Å². The van der Waals surface area contributed by atoms with Gasteiger partial charge in [0.05, 0.1) is 6.26 Å². The van der Waals surface area contributed by atoms with Gasteiger partial charge in [-0.25, -0.2) is 0 Å². The Balaban J connectivity index is 2.41. The number of ether oxygens (including phenoxy) is 1. The lowest BCUT2D eigenvalue weighted by Gasteiger charge is -1.76. The highest BCUT2D eigenvalue weighted by Crippen LogP contribution is 2.26. The number of hydrogen-bond acceptors (Lipinski definition) is 2. The van der Waals surface area contributed by atoms with Crippen LogP contribution in [0.1, 0.15) is 5.76 Å². The molecular weight excluding hydrogens is 104 g/mol. The molecule has 0 amide bonds. The molecule has 0 saturated carbocycles. The first-order valence-electron chi connectivity index (χ1n) is 2.37. The Morgan fingerprint density at radius 3 is 2.75 bits per heavy atom. The molecule has 1 aliphatic rings. The van der Waals surface area contributed by atoms with Gasteiger partial charge in [-0.15, -0.1) is 0 Å². The van der Waals surface area contributed by atoms with Gasteiger partial charge in [0.1, 0.15) is 6.26 Å². The molecule has 0 spiro atoms. The zero-order valence-electron chi connectivity index (χ0n) is 4.13. The molecule has 40 valence electrons. The normalized spacial score (nSPS) is 14.8. The average Bonchev–Trinajstić information content (AvgIpc) is 2.49. The summed E-state index contributed by atoms with van der Waals surface area (Å²) in [5, 5.41) is 0. The summed E-state index contributed by atoms with van der Waals surface area (Å²) in [7, 11) is 0. The third kappa shape index (κ3) is 0.428. The molecule has 0 fully saturated rings. The molecule has 0 saturated heterocycles. The molecule has 1 aliphatic heterocycles. The maximum absolute atomic E-state index is 4.96. The maximum atomic E-state index is 4.96. The Morgan fingerprint density at radius 1 is 1.38 bits per heavy atom. The summed E-state index contributed by atoms with van der Waals surface area (Å²) in [6.07, 6.45) is 3.27. The topological polar surface area (TPSA) is 25.7 Å². The summed E-state index contributed by atoms with van der Waals surface area (Å²) in [5.74, 6) is 1.65. The molecule has 0 N–H and O–H groups in total. The van der Waals surface area contributed by atoms with E-state index in [1.165, 1.54) is 0 Å². The van der Waals surface area contributed by atoms with Gasteiger partial charge >= 0.3 is 0 Å². The lowest BCUT2D eigenvalue weighted by Crippen LogP contribution is -1.59. The Hall–Kier alpha value is -1.18. The maximum Gasteiger partial charge on any atom is 0.204 e. The van der Waals surface area contributed by atoms with Crippen molar-refractivity contribution in [3.05, 3.63) is 30.4 Å². The molecule has 0 radical (unpaired) electrons. The van der Waals surface area contributed by atoms with Crippen molar-refractivity contribution in [2.45, 2.75) is 0 Å². The van der Waals surface area contributed by atoms with Crippen LogP contribution in [0.25, 0.3) is 5.76 Å². The highest BCUT2D eigenvalue weighted by molar-refractivity contribution is 5.62. The second-order valence-electron chi connectivity index (χ2n) is 1.58. The highest BCUT2D eigenvalue weighted by atomic mass is 16.5. The third-order valence-corrected chi connectivity index (χ3v) is 1.000. The molecule has 0 unspecified atom stereocenters. The van der Waals surface area contributed by atoms with Gasteiger partial charge in [-0.2, -0.15) is 0 Å². The van der Waals surface area contributed by atoms with Gasteiger partial charge in [0, 0.05) is 0 Å². The predicted octanol–water partition coefficient (Wildman–Crippen LogP) is 1.61. The zero-order chi connectivity index (χ0) is 5.40. The first kappa shape index (κ1) is 3.78. The number of hydrogen-bond donors (Lipinski definition) is 0. The van der Waals surface area contributed by atoms with Gasteiger partial charge in [0.15, 0.2) is 5.76 Å². The summed E-state index contributed by atoms with van der Waals surface area (Å²) in [6.45, 7) is 0. The van der Waals surface area contributed by atoms with Crippen molar-refractivity contribution in [3.63, 3.8) is 0 Å². The molecule has 1 aromatic heterocycles. The van der Waals surface area contributed by atoms with Crippen LogP contribution in [0.2, 0.25) is 0 Å². The minimum Gasteiger partial charge on any atom is -0.461 e. The molecule has 8 heavy (non-hydrogen) atoms. The predicted molar refractivity (Wildman–Crippen MR) is 27.8 cm³/mol.